The summed E-state index contributed by atoms with van der Waals surface area (Å²) >= 11 is 0. The fraction of sp³-hybridized carbons (Fsp3) is 0.438. The van der Waals surface area contributed by atoms with Crippen molar-refractivity contribution in [1.82, 2.24) is 9.78 Å². The monoisotopic (exact) mass is 271 g/mol. The van der Waals surface area contributed by atoms with Gasteiger partial charge in [-0.1, -0.05) is 18.2 Å². The number of aromatic nitrogens is 2. The van der Waals surface area contributed by atoms with Crippen molar-refractivity contribution in [2.75, 3.05) is 19.0 Å². The van der Waals surface area contributed by atoms with Crippen LogP contribution in [0.15, 0.2) is 30.5 Å². The fourth-order valence-corrected chi connectivity index (χ4v) is 3.04. The van der Waals surface area contributed by atoms with Gasteiger partial charge in [-0.25, -0.2) is 0 Å². The molecule has 1 aliphatic heterocycles. The molecule has 1 aliphatic rings. The van der Waals surface area contributed by atoms with Gasteiger partial charge in [0.2, 0.25) is 0 Å². The zero-order valence-electron chi connectivity index (χ0n) is 12.1. The van der Waals surface area contributed by atoms with Crippen LogP contribution >= 0.6 is 0 Å². The highest BCUT2D eigenvalue weighted by molar-refractivity contribution is 5.55. The van der Waals surface area contributed by atoms with Crippen molar-refractivity contribution in [1.29, 1.82) is 0 Å². The number of hydrogen-bond donors (Lipinski definition) is 1. The van der Waals surface area contributed by atoms with Gasteiger partial charge < -0.3 is 10.1 Å². The molecule has 106 valence electrons. The Hall–Kier alpha value is -1.97. The Kier molecular flexibility index (Phi) is 3.63. The Balaban J connectivity index is 1.91. The largest absolute Gasteiger partial charge is 0.493 e. The van der Waals surface area contributed by atoms with Gasteiger partial charge in [-0.3, -0.25) is 4.68 Å². The second kappa shape index (κ2) is 5.57. The maximum absolute atomic E-state index is 5.46. The van der Waals surface area contributed by atoms with Crippen molar-refractivity contribution >= 4 is 5.69 Å². The molecule has 0 aliphatic carbocycles. The van der Waals surface area contributed by atoms with Crippen molar-refractivity contribution < 1.29 is 4.74 Å². The molecular formula is C16H21N3O. The molecule has 0 saturated heterocycles. The van der Waals surface area contributed by atoms with Crippen molar-refractivity contribution in [2.24, 2.45) is 0 Å². The van der Waals surface area contributed by atoms with Crippen molar-refractivity contribution in [2.45, 2.75) is 32.2 Å². The molecule has 0 bridgehead atoms. The fourth-order valence-electron chi connectivity index (χ4n) is 3.04. The Bertz CT molecular complexity index is 570. The summed E-state index contributed by atoms with van der Waals surface area (Å²) in [5.74, 6) is 1.44. The molecular weight excluding hydrogens is 250 g/mol. The topological polar surface area (TPSA) is 39.1 Å². The number of nitrogens with one attached hydrogen (secondary N) is 1. The third-order valence-electron chi connectivity index (χ3n) is 4.08. The van der Waals surface area contributed by atoms with E-state index in [4.69, 9.17) is 4.74 Å². The Morgan fingerprint density at radius 1 is 1.40 bits per heavy atom. The predicted octanol–water partition coefficient (Wildman–Crippen LogP) is 3.05. The first kappa shape index (κ1) is 13.0. The first-order valence-corrected chi connectivity index (χ1v) is 7.25. The molecule has 20 heavy (non-hydrogen) atoms. The highest BCUT2D eigenvalue weighted by Crippen LogP contribution is 2.35. The van der Waals surface area contributed by atoms with Gasteiger partial charge in [0, 0.05) is 25.2 Å². The molecule has 0 spiro atoms. The number of aryl methyl sites for hydroxylation is 1. The van der Waals surface area contributed by atoms with Crippen LogP contribution in [0.1, 0.15) is 30.5 Å². The molecule has 1 aromatic heterocycles. The number of rotatable bonds is 4. The lowest BCUT2D eigenvalue weighted by molar-refractivity contribution is 0.404. The standard InChI is InChI=1S/C16H21N3O/c1-3-19-15(16(20-2)11-18-19)10-12-8-9-17-14-7-5-4-6-13(12)14/h4-7,11-12,17H,3,8-10H2,1-2H3. The van der Waals surface area contributed by atoms with E-state index in [0.29, 0.717) is 5.92 Å². The van der Waals surface area contributed by atoms with Crippen LogP contribution < -0.4 is 10.1 Å². The summed E-state index contributed by atoms with van der Waals surface area (Å²) in [6.07, 6.45) is 3.95. The Morgan fingerprint density at radius 2 is 2.25 bits per heavy atom. The van der Waals surface area contributed by atoms with E-state index >= 15 is 0 Å². The van der Waals surface area contributed by atoms with Crippen LogP contribution in [0.4, 0.5) is 5.69 Å². The van der Waals surface area contributed by atoms with Crippen molar-refractivity contribution in [3.8, 4) is 5.75 Å². The van der Waals surface area contributed by atoms with Gasteiger partial charge in [-0.15, -0.1) is 0 Å². The Morgan fingerprint density at radius 3 is 3.05 bits per heavy atom. The van der Waals surface area contributed by atoms with E-state index in [0.717, 1.165) is 31.7 Å². The highest BCUT2D eigenvalue weighted by Gasteiger charge is 2.23. The second-order valence-corrected chi connectivity index (χ2v) is 5.18. The quantitative estimate of drug-likeness (QED) is 0.929. The van der Waals surface area contributed by atoms with E-state index < -0.39 is 0 Å². The third-order valence-corrected chi connectivity index (χ3v) is 4.08. The maximum atomic E-state index is 5.46. The number of methoxy groups -OCH3 is 1. The molecule has 2 heterocycles. The summed E-state index contributed by atoms with van der Waals surface area (Å²) < 4.78 is 7.50. The predicted molar refractivity (Wildman–Crippen MR) is 80.4 cm³/mol. The molecule has 0 radical (unpaired) electrons. The Labute approximate surface area is 119 Å². The molecule has 0 amide bonds. The maximum Gasteiger partial charge on any atom is 0.159 e. The lowest BCUT2D eigenvalue weighted by Crippen LogP contribution is -2.19. The lowest BCUT2D eigenvalue weighted by atomic mass is 9.87. The number of ether oxygens (including phenoxy) is 1. The molecule has 2 aromatic rings. The second-order valence-electron chi connectivity index (χ2n) is 5.18. The number of para-hydroxylation sites is 1. The smallest absolute Gasteiger partial charge is 0.159 e. The van der Waals surface area contributed by atoms with Crippen LogP contribution in [0.5, 0.6) is 5.75 Å². The molecule has 1 N–H and O–H groups in total. The van der Waals surface area contributed by atoms with Gasteiger partial charge in [-0.2, -0.15) is 5.10 Å². The molecule has 3 rings (SSSR count). The average Bonchev–Trinajstić information content (AvgIpc) is 2.89. The van der Waals surface area contributed by atoms with Crippen LogP contribution in [0.25, 0.3) is 0 Å². The third kappa shape index (κ3) is 2.26. The molecule has 0 saturated carbocycles. The van der Waals surface area contributed by atoms with Crippen LogP contribution in [0, 0.1) is 0 Å². The van der Waals surface area contributed by atoms with E-state index in [9.17, 15) is 0 Å². The van der Waals surface area contributed by atoms with Gasteiger partial charge in [0.05, 0.1) is 19.0 Å². The summed E-state index contributed by atoms with van der Waals surface area (Å²) in [5, 5.41) is 7.88. The van der Waals surface area contributed by atoms with E-state index in [-0.39, 0.29) is 0 Å². The van der Waals surface area contributed by atoms with Crippen LogP contribution in [-0.2, 0) is 13.0 Å². The normalized spacial score (nSPS) is 17.4. The van der Waals surface area contributed by atoms with Crippen LogP contribution in [-0.4, -0.2) is 23.4 Å². The summed E-state index contributed by atoms with van der Waals surface area (Å²) in [5.41, 5.74) is 3.88. The number of fused-ring (bicyclic) bond motifs is 1. The summed E-state index contributed by atoms with van der Waals surface area (Å²) in [6, 6.07) is 8.60. The highest BCUT2D eigenvalue weighted by atomic mass is 16.5. The molecule has 1 aromatic carbocycles. The first-order chi connectivity index (χ1) is 9.83. The van der Waals surface area contributed by atoms with Gasteiger partial charge in [-0.05, 0) is 30.9 Å². The van der Waals surface area contributed by atoms with E-state index in [1.807, 2.05) is 10.9 Å². The van der Waals surface area contributed by atoms with Crippen molar-refractivity contribution in [3.63, 3.8) is 0 Å². The van der Waals surface area contributed by atoms with Gasteiger partial charge >= 0.3 is 0 Å². The van der Waals surface area contributed by atoms with E-state index in [2.05, 4.69) is 41.6 Å². The molecule has 4 heteroatoms. The van der Waals surface area contributed by atoms with Gasteiger partial charge in [0.1, 0.15) is 0 Å². The minimum absolute atomic E-state index is 0.531. The van der Waals surface area contributed by atoms with Gasteiger partial charge in [0.15, 0.2) is 5.75 Å². The lowest BCUT2D eigenvalue weighted by Gasteiger charge is -2.27. The zero-order chi connectivity index (χ0) is 13.9. The van der Waals surface area contributed by atoms with Gasteiger partial charge in [0.25, 0.3) is 0 Å². The summed E-state index contributed by atoms with van der Waals surface area (Å²) in [4.78, 5) is 0. The van der Waals surface area contributed by atoms with Crippen LogP contribution in [0.3, 0.4) is 0 Å². The molecule has 1 unspecified atom stereocenters. The number of nitrogens with zero attached hydrogens (tertiary/aromatic N) is 2. The molecule has 1 atom stereocenters. The summed E-state index contributed by atoms with van der Waals surface area (Å²) in [6.45, 7) is 4.03. The number of anilines is 1. The summed E-state index contributed by atoms with van der Waals surface area (Å²) in [7, 11) is 1.72. The van der Waals surface area contributed by atoms with E-state index in [1.165, 1.54) is 16.9 Å². The zero-order valence-corrected chi connectivity index (χ0v) is 12.1. The van der Waals surface area contributed by atoms with Crippen LogP contribution in [0.2, 0.25) is 0 Å². The average molecular weight is 271 g/mol. The minimum atomic E-state index is 0.531. The van der Waals surface area contributed by atoms with Crippen molar-refractivity contribution in [3.05, 3.63) is 41.7 Å². The van der Waals surface area contributed by atoms with E-state index in [1.54, 1.807) is 7.11 Å². The molecule has 0 fully saturated rings. The molecule has 4 nitrogen and oxygen atoms in total. The number of hydrogen-bond acceptors (Lipinski definition) is 3. The minimum Gasteiger partial charge on any atom is -0.493 e. The number of benzene rings is 1. The first-order valence-electron chi connectivity index (χ1n) is 7.25. The SMILES string of the molecule is CCn1ncc(OC)c1CC1CCNc2ccccc21.